The van der Waals surface area contributed by atoms with Gasteiger partial charge in [0.2, 0.25) is 0 Å². The molecule has 1 aromatic heterocycles. The molecular weight excluding hydrogens is 230 g/mol. The molecule has 0 saturated carbocycles. The van der Waals surface area contributed by atoms with Crippen LogP contribution in [0, 0.1) is 0 Å². The summed E-state index contributed by atoms with van der Waals surface area (Å²) >= 11 is 0. The molecule has 2 aromatic rings. The molecule has 1 aliphatic heterocycles. The molecule has 5 nitrogen and oxygen atoms in total. The van der Waals surface area contributed by atoms with Crippen molar-refractivity contribution in [1.82, 2.24) is 10.3 Å². The predicted molar refractivity (Wildman–Crippen MR) is 67.2 cm³/mol. The van der Waals surface area contributed by atoms with Crippen LogP contribution in [0.3, 0.4) is 0 Å². The summed E-state index contributed by atoms with van der Waals surface area (Å²) in [7, 11) is 0. The van der Waals surface area contributed by atoms with Crippen molar-refractivity contribution in [2.45, 2.75) is 6.54 Å². The van der Waals surface area contributed by atoms with Crippen LogP contribution >= 0.6 is 0 Å². The first kappa shape index (κ1) is 10.6. The highest BCUT2D eigenvalue weighted by molar-refractivity contribution is 5.90. The maximum Gasteiger partial charge on any atom is 0.360 e. The number of carbonyl (C=O) groups excluding carboxylic acids is 1. The van der Waals surface area contributed by atoms with Gasteiger partial charge in [0.15, 0.2) is 0 Å². The molecule has 0 fully saturated rings. The van der Waals surface area contributed by atoms with Crippen LogP contribution in [0.4, 0.5) is 5.82 Å². The molecule has 5 heteroatoms. The number of nitrogens with zero attached hydrogens (tertiary/aromatic N) is 1. The van der Waals surface area contributed by atoms with Crippen LogP contribution in [0.2, 0.25) is 0 Å². The number of nitrogens with one attached hydrogen (secondary N) is 2. The number of fused-ring (bicyclic) bond motifs is 1. The molecule has 0 unspecified atom stereocenters. The summed E-state index contributed by atoms with van der Waals surface area (Å²) in [6.07, 6.45) is 1.60. The molecule has 3 rings (SSSR count). The van der Waals surface area contributed by atoms with Crippen LogP contribution in [0.1, 0.15) is 16.1 Å². The Bertz CT molecular complexity index is 602. The predicted octanol–water partition coefficient (Wildman–Crippen LogP) is 2.00. The highest BCUT2D eigenvalue weighted by Crippen LogP contribution is 2.22. The molecule has 2 heterocycles. The van der Waals surface area contributed by atoms with Gasteiger partial charge in [-0.3, -0.25) is 0 Å². The van der Waals surface area contributed by atoms with Crippen molar-refractivity contribution in [2.24, 2.45) is 4.99 Å². The molecule has 0 bridgehead atoms. The summed E-state index contributed by atoms with van der Waals surface area (Å²) < 4.78 is 5.24. The van der Waals surface area contributed by atoms with Crippen molar-refractivity contribution in [3.8, 4) is 5.75 Å². The van der Waals surface area contributed by atoms with Crippen LogP contribution in [0.5, 0.6) is 5.75 Å². The van der Waals surface area contributed by atoms with Gasteiger partial charge in [0.05, 0.1) is 6.34 Å². The number of rotatable bonds is 2. The third-order valence-electron chi connectivity index (χ3n) is 2.63. The summed E-state index contributed by atoms with van der Waals surface area (Å²) in [5.74, 6) is 0.816. The van der Waals surface area contributed by atoms with E-state index in [1.54, 1.807) is 24.5 Å². The lowest BCUT2D eigenvalue weighted by Gasteiger charge is -2.03. The Balaban J connectivity index is 1.81. The van der Waals surface area contributed by atoms with Gasteiger partial charge in [-0.25, -0.2) is 9.79 Å². The van der Waals surface area contributed by atoms with E-state index in [1.165, 1.54) is 0 Å². The number of H-pyrrole nitrogens is 1. The number of ether oxygens (including phenoxy) is 1. The minimum Gasteiger partial charge on any atom is -0.422 e. The number of para-hydroxylation sites is 1. The summed E-state index contributed by atoms with van der Waals surface area (Å²) in [5.41, 5.74) is 1.36. The van der Waals surface area contributed by atoms with Gasteiger partial charge in [0.1, 0.15) is 17.3 Å². The number of hydrogen-bond acceptors (Lipinski definition) is 4. The van der Waals surface area contributed by atoms with Crippen molar-refractivity contribution in [3.63, 3.8) is 0 Å². The van der Waals surface area contributed by atoms with Gasteiger partial charge in [-0.15, -0.1) is 0 Å². The van der Waals surface area contributed by atoms with E-state index in [1.807, 2.05) is 18.2 Å². The third-order valence-corrected chi connectivity index (χ3v) is 2.63. The average molecular weight is 241 g/mol. The van der Waals surface area contributed by atoms with E-state index in [0.29, 0.717) is 23.8 Å². The highest BCUT2D eigenvalue weighted by Gasteiger charge is 2.16. The zero-order chi connectivity index (χ0) is 12.4. The molecule has 90 valence electrons. The number of benzene rings is 1. The zero-order valence-corrected chi connectivity index (χ0v) is 9.51. The van der Waals surface area contributed by atoms with E-state index in [9.17, 15) is 4.79 Å². The lowest BCUT2D eigenvalue weighted by atomic mass is 10.2. The SMILES string of the molecule is O=C(Oc1ccccc1)c1cc2c([nH]1)N=CNC2. The molecule has 0 saturated heterocycles. The normalized spacial score (nSPS) is 12.7. The van der Waals surface area contributed by atoms with Crippen LogP contribution in [-0.2, 0) is 6.54 Å². The second kappa shape index (κ2) is 4.37. The topological polar surface area (TPSA) is 66.5 Å². The maximum absolute atomic E-state index is 11.9. The molecule has 0 atom stereocenters. The summed E-state index contributed by atoms with van der Waals surface area (Å²) in [4.78, 5) is 19.0. The van der Waals surface area contributed by atoms with E-state index in [4.69, 9.17) is 4.74 Å². The van der Waals surface area contributed by atoms with Crippen LogP contribution in [-0.4, -0.2) is 17.3 Å². The van der Waals surface area contributed by atoms with E-state index in [2.05, 4.69) is 15.3 Å². The van der Waals surface area contributed by atoms with Crippen molar-refractivity contribution in [1.29, 1.82) is 0 Å². The molecule has 0 amide bonds. The van der Waals surface area contributed by atoms with Crippen molar-refractivity contribution in [2.75, 3.05) is 0 Å². The van der Waals surface area contributed by atoms with Crippen molar-refractivity contribution < 1.29 is 9.53 Å². The van der Waals surface area contributed by atoms with Gasteiger partial charge in [-0.05, 0) is 18.2 Å². The number of carbonyl (C=O) groups is 1. The largest absolute Gasteiger partial charge is 0.422 e. The fraction of sp³-hybridized carbons (Fsp3) is 0.0769. The molecule has 0 aliphatic carbocycles. The Hall–Kier alpha value is -2.56. The Morgan fingerprint density at radius 3 is 2.89 bits per heavy atom. The Morgan fingerprint density at radius 2 is 2.11 bits per heavy atom. The lowest BCUT2D eigenvalue weighted by Crippen LogP contribution is -2.12. The standard InChI is InChI=1S/C13H11N3O2/c17-13(18-10-4-2-1-3-5-10)11-6-9-7-14-8-15-12(9)16-11/h1-6,8,16H,7H2,(H,14,15). The lowest BCUT2D eigenvalue weighted by molar-refractivity contribution is 0.0729. The number of aliphatic imine (C=N–C) groups is 1. The molecule has 0 radical (unpaired) electrons. The first-order valence-corrected chi connectivity index (χ1v) is 5.58. The van der Waals surface area contributed by atoms with Gasteiger partial charge >= 0.3 is 5.97 Å². The fourth-order valence-electron chi connectivity index (χ4n) is 1.76. The Kier molecular flexibility index (Phi) is 2.57. The molecule has 2 N–H and O–H groups in total. The zero-order valence-electron chi connectivity index (χ0n) is 9.51. The summed E-state index contributed by atoms with van der Waals surface area (Å²) in [6, 6.07) is 10.7. The van der Waals surface area contributed by atoms with Crippen LogP contribution in [0.15, 0.2) is 41.4 Å². The fourth-order valence-corrected chi connectivity index (χ4v) is 1.76. The molecule has 18 heavy (non-hydrogen) atoms. The Morgan fingerprint density at radius 1 is 1.28 bits per heavy atom. The molecular formula is C13H11N3O2. The van der Waals surface area contributed by atoms with Gasteiger partial charge in [-0.2, -0.15) is 0 Å². The Labute approximate surface area is 104 Å². The quantitative estimate of drug-likeness (QED) is 0.624. The van der Waals surface area contributed by atoms with E-state index in [0.717, 1.165) is 5.56 Å². The first-order valence-electron chi connectivity index (χ1n) is 5.58. The third kappa shape index (κ3) is 1.98. The first-order chi connectivity index (χ1) is 8.83. The number of hydrogen-bond donors (Lipinski definition) is 2. The van der Waals surface area contributed by atoms with Crippen molar-refractivity contribution >= 4 is 18.1 Å². The second-order valence-corrected chi connectivity index (χ2v) is 3.90. The number of aromatic amines is 1. The summed E-state index contributed by atoms with van der Waals surface area (Å²) in [5, 5.41) is 2.98. The second-order valence-electron chi connectivity index (χ2n) is 3.90. The number of esters is 1. The smallest absolute Gasteiger partial charge is 0.360 e. The van der Waals surface area contributed by atoms with Crippen LogP contribution < -0.4 is 10.1 Å². The van der Waals surface area contributed by atoms with E-state index in [-0.39, 0.29) is 0 Å². The average Bonchev–Trinajstić information content (AvgIpc) is 2.84. The minimum atomic E-state index is -0.411. The van der Waals surface area contributed by atoms with E-state index < -0.39 is 5.97 Å². The highest BCUT2D eigenvalue weighted by atomic mass is 16.5. The molecule has 1 aromatic carbocycles. The maximum atomic E-state index is 11.9. The minimum absolute atomic E-state index is 0.407. The van der Waals surface area contributed by atoms with Crippen molar-refractivity contribution in [3.05, 3.63) is 47.7 Å². The van der Waals surface area contributed by atoms with E-state index >= 15 is 0 Å². The molecule has 0 spiro atoms. The van der Waals surface area contributed by atoms with Gasteiger partial charge in [0.25, 0.3) is 0 Å². The molecule has 1 aliphatic rings. The van der Waals surface area contributed by atoms with Gasteiger partial charge in [-0.1, -0.05) is 18.2 Å². The van der Waals surface area contributed by atoms with Crippen LogP contribution in [0.25, 0.3) is 0 Å². The monoisotopic (exact) mass is 241 g/mol. The van der Waals surface area contributed by atoms with Gasteiger partial charge < -0.3 is 15.0 Å². The summed E-state index contributed by atoms with van der Waals surface area (Å²) in [6.45, 7) is 0.661. The number of aromatic nitrogens is 1. The van der Waals surface area contributed by atoms with Gasteiger partial charge in [0, 0.05) is 12.1 Å².